The first-order valence-corrected chi connectivity index (χ1v) is 24.5. The van der Waals surface area contributed by atoms with Gasteiger partial charge in [0, 0.05) is 49.0 Å². The molecule has 0 atom stereocenters. The van der Waals surface area contributed by atoms with Gasteiger partial charge in [-0.25, -0.2) is 0 Å². The Morgan fingerprint density at radius 2 is 0.746 bits per heavy atom. The molecule has 0 saturated heterocycles. The second-order valence-electron chi connectivity index (χ2n) is 15.2. The maximum absolute atomic E-state index is 12.0. The Bertz CT molecular complexity index is 2890. The normalized spacial score (nSPS) is 10.6. The van der Waals surface area contributed by atoms with Crippen molar-refractivity contribution in [2.45, 2.75) is 72.3 Å². The Hall–Kier alpha value is -5.75. The first-order chi connectivity index (χ1) is 30.7. The third kappa shape index (κ3) is 26.3. The molecule has 0 fully saturated rings. The average molecular weight is 1090 g/mol. The van der Waals surface area contributed by atoms with E-state index in [1.807, 2.05) is 90.2 Å². The predicted octanol–water partition coefficient (Wildman–Crippen LogP) is 6.06. The van der Waals surface area contributed by atoms with Gasteiger partial charge < -0.3 is 0 Å². The zero-order valence-corrected chi connectivity index (χ0v) is 42.0. The fourth-order valence-corrected chi connectivity index (χ4v) is 6.66. The Morgan fingerprint density at radius 1 is 0.493 bits per heavy atom. The van der Waals surface area contributed by atoms with Gasteiger partial charge in [-0.2, -0.15) is 16.8 Å². The molecule has 0 bridgehead atoms. The summed E-state index contributed by atoms with van der Waals surface area (Å²) in [5.41, 5.74) is 9.48. The number of rotatable bonds is 11. The Kier molecular flexibility index (Phi) is 25.2. The number of nitrogens with zero attached hydrogens (tertiary/aromatic N) is 6. The van der Waals surface area contributed by atoms with Crippen molar-refractivity contribution in [3.63, 3.8) is 0 Å². The van der Waals surface area contributed by atoms with Gasteiger partial charge in [0.2, 0.25) is 0 Å². The van der Waals surface area contributed by atoms with E-state index >= 15 is 0 Å². The summed E-state index contributed by atoms with van der Waals surface area (Å²) >= 11 is 0. The minimum atomic E-state index is -4.03. The summed E-state index contributed by atoms with van der Waals surface area (Å²) in [6, 6.07) is 21.9. The summed E-state index contributed by atoms with van der Waals surface area (Å²) in [7, 11) is -14.3. The molecule has 6 aromatic rings. The van der Waals surface area contributed by atoms with Crippen LogP contribution in [0.25, 0.3) is 34.2 Å². The predicted molar refractivity (Wildman–Crippen MR) is 244 cm³/mol. The smallest absolute Gasteiger partial charge is 0.299 e. The molecule has 67 heavy (non-hydrogen) atoms. The maximum atomic E-state index is 12.0. The molecule has 0 unspecified atom stereocenters. The van der Waals surface area contributed by atoms with E-state index in [0.717, 1.165) is 35.4 Å². The van der Waals surface area contributed by atoms with Crippen LogP contribution < -0.4 is 0 Å². The first-order valence-electron chi connectivity index (χ1n) is 19.3. The average Bonchev–Trinajstić information content (AvgIpc) is 3.20. The van der Waals surface area contributed by atoms with Crippen LogP contribution in [-0.4, -0.2) is 86.9 Å². The molecular weight excluding hydrogens is 1040 g/mol. The maximum Gasteiger partial charge on any atom is 2.00 e. The van der Waals surface area contributed by atoms with Gasteiger partial charge in [-0.1, -0.05) is 20.8 Å². The van der Waals surface area contributed by atoms with Crippen molar-refractivity contribution in [3.05, 3.63) is 143 Å². The molecule has 0 aliphatic heterocycles. The van der Waals surface area contributed by atoms with Crippen molar-refractivity contribution < 1.29 is 75.5 Å². The van der Waals surface area contributed by atoms with Crippen LogP contribution >= 0.6 is 0 Å². The third-order valence-corrected chi connectivity index (χ3v) is 9.81. The molecular formula is C43H48N6O13RuS4+2. The van der Waals surface area contributed by atoms with Crippen LogP contribution in [-0.2, 0) is 83.7 Å². The summed E-state index contributed by atoms with van der Waals surface area (Å²) in [6.45, 7) is 11.9. The Morgan fingerprint density at radius 3 is 1.01 bits per heavy atom. The second kappa shape index (κ2) is 28.4. The van der Waals surface area contributed by atoms with Gasteiger partial charge in [0.15, 0.2) is 0 Å². The summed E-state index contributed by atoms with van der Waals surface area (Å²) in [4.78, 5) is 37.4. The number of Topliss-reactive ketones (excluding diaryl/α,β-unsaturated/α-hetero) is 1. The number of carbonyl (C=O) groups excluding carboxylic acids is 1. The van der Waals surface area contributed by atoms with Crippen molar-refractivity contribution in [3.8, 4) is 34.2 Å². The molecule has 0 aliphatic rings. The molecule has 0 saturated carbocycles. The number of aromatic nitrogens is 6. The van der Waals surface area contributed by atoms with Gasteiger partial charge in [-0.15, -0.1) is 25.3 Å². The number of aryl methyl sites for hydroxylation is 4. The van der Waals surface area contributed by atoms with Crippen molar-refractivity contribution in [2.75, 3.05) is 0 Å². The number of hydrogen-bond acceptors (Lipinski definition) is 17. The quantitative estimate of drug-likeness (QED) is 0.110. The van der Waals surface area contributed by atoms with Gasteiger partial charge in [0.05, 0.1) is 34.2 Å². The monoisotopic (exact) mass is 1090 g/mol. The van der Waals surface area contributed by atoms with E-state index in [-0.39, 0.29) is 24.9 Å². The topological polar surface area (TPSA) is 306 Å². The number of hydrogen-bond donors (Lipinski definition) is 2. The van der Waals surface area contributed by atoms with Crippen molar-refractivity contribution in [1.29, 1.82) is 0 Å². The molecule has 0 spiro atoms. The summed E-state index contributed by atoms with van der Waals surface area (Å²) in [5, 5.41) is 0. The van der Waals surface area contributed by atoms with Crippen LogP contribution in [0.3, 0.4) is 0 Å². The van der Waals surface area contributed by atoms with E-state index in [9.17, 15) is 21.6 Å². The van der Waals surface area contributed by atoms with Crippen LogP contribution in [0.2, 0.25) is 0 Å². The Labute approximate surface area is 405 Å². The first kappa shape index (κ1) is 59.3. The molecule has 0 aliphatic carbocycles. The van der Waals surface area contributed by atoms with E-state index in [4.69, 9.17) is 34.4 Å². The fraction of sp³-hybridized carbons (Fsp3) is 0.279. The van der Waals surface area contributed by atoms with E-state index in [1.165, 1.54) is 23.5 Å². The molecule has 6 aromatic heterocycles. The standard InChI is InChI=1S/C19H24N2O.2C12H12N2O3S.2O3S.Ru/c1-14-8-10-20-16(12-14)17-13-15(9-11-21-17)6-5-7-18(22)19(2,3)4;2*1-9-2-4-13-11(6-9)12-7-10(3-5-14-12)8-18(15,16)17;2*1-4(2)3;/h8-13H,5-7H2,1-4H3;2*2-7H,8H2,1H3,(H,15,16,17);;;/q;;;;;+2. The summed E-state index contributed by atoms with van der Waals surface area (Å²) in [5.74, 6) is -0.523. The number of pyridine rings is 6. The molecule has 6 rings (SSSR count). The SMILES string of the molecule is Cc1ccnc(-c2cc(CCCC(=O)C(C)(C)C)ccn2)c1.Cc1ccnc(-c2cc(CS(=O)(=O)O)ccn2)c1.Cc1ccnc(-c2cc(CS(=O)(=O)O)ccn2)c1.O=S(=O)=O.O=S(=O)=O.[Ru+2]. The summed E-state index contributed by atoms with van der Waals surface area (Å²) < 4.78 is 112. The Balaban J connectivity index is 0.000000463. The molecule has 6 heterocycles. The largest absolute Gasteiger partial charge is 2.00 e. The molecule has 0 radical (unpaired) electrons. The molecule has 0 amide bonds. The minimum Gasteiger partial charge on any atom is -0.299 e. The number of ketones is 1. The van der Waals surface area contributed by atoms with Crippen molar-refractivity contribution >= 4 is 47.2 Å². The zero-order valence-electron chi connectivity index (χ0n) is 37.0. The molecule has 24 heteroatoms. The van der Waals surface area contributed by atoms with Crippen LogP contribution in [0.5, 0.6) is 0 Å². The summed E-state index contributed by atoms with van der Waals surface area (Å²) in [6.07, 6.45) is 12.4. The van der Waals surface area contributed by atoms with E-state index in [0.29, 0.717) is 46.1 Å². The minimum absolute atomic E-state index is 0. The number of carbonyl (C=O) groups is 1. The van der Waals surface area contributed by atoms with Gasteiger partial charge in [-0.05, 0) is 140 Å². The van der Waals surface area contributed by atoms with E-state index < -0.39 is 53.0 Å². The molecule has 358 valence electrons. The van der Waals surface area contributed by atoms with E-state index in [2.05, 4.69) is 36.0 Å². The van der Waals surface area contributed by atoms with Gasteiger partial charge in [0.1, 0.15) is 17.3 Å². The van der Waals surface area contributed by atoms with Gasteiger partial charge in [-0.3, -0.25) is 43.8 Å². The van der Waals surface area contributed by atoms with Crippen molar-refractivity contribution in [1.82, 2.24) is 29.9 Å². The van der Waals surface area contributed by atoms with Crippen LogP contribution in [0, 0.1) is 26.2 Å². The van der Waals surface area contributed by atoms with Gasteiger partial charge in [0.25, 0.3) is 20.2 Å². The van der Waals surface area contributed by atoms with Gasteiger partial charge >= 0.3 is 40.7 Å². The second-order valence-corrected chi connectivity index (χ2v) is 18.9. The third-order valence-electron chi connectivity index (χ3n) is 8.41. The molecule has 2 N–H and O–H groups in total. The van der Waals surface area contributed by atoms with Crippen LogP contribution in [0.1, 0.15) is 67.0 Å². The zero-order chi connectivity index (χ0) is 49.7. The molecule has 19 nitrogen and oxygen atoms in total. The molecule has 0 aromatic carbocycles. The van der Waals surface area contributed by atoms with Crippen molar-refractivity contribution in [2.24, 2.45) is 5.41 Å². The van der Waals surface area contributed by atoms with Crippen LogP contribution in [0.4, 0.5) is 0 Å². The van der Waals surface area contributed by atoms with Crippen LogP contribution in [0.15, 0.2) is 110 Å². The fourth-order valence-electron chi connectivity index (χ4n) is 5.46. The van der Waals surface area contributed by atoms with E-state index in [1.54, 1.807) is 42.9 Å².